The van der Waals surface area contributed by atoms with Crippen molar-refractivity contribution in [2.75, 3.05) is 19.4 Å². The summed E-state index contributed by atoms with van der Waals surface area (Å²) in [5, 5.41) is 0. The molecule has 0 saturated carbocycles. The van der Waals surface area contributed by atoms with E-state index in [1.807, 2.05) is 0 Å². The fourth-order valence-electron chi connectivity index (χ4n) is 2.59. The molecule has 0 aliphatic rings. The van der Waals surface area contributed by atoms with Crippen LogP contribution in [0.1, 0.15) is 18.4 Å². The zero-order chi connectivity index (χ0) is 20.6. The number of ether oxygens (including phenoxy) is 1. The number of hydrogen-bond donors (Lipinski definition) is 0. The highest BCUT2D eigenvalue weighted by molar-refractivity contribution is 7.99. The SMILES string of the molecule is COc1ccccc1CN(CC(F)(F)F)C(=O)CCCSc1ccc(F)cc1. The number of benzene rings is 2. The Balaban J connectivity index is 1.94. The highest BCUT2D eigenvalue weighted by atomic mass is 32.2. The number of rotatable bonds is 9. The monoisotopic (exact) mass is 415 g/mol. The van der Waals surface area contributed by atoms with E-state index in [-0.39, 0.29) is 18.8 Å². The third-order valence-electron chi connectivity index (χ3n) is 3.89. The molecule has 0 bridgehead atoms. The van der Waals surface area contributed by atoms with Crippen LogP contribution in [0.25, 0.3) is 0 Å². The molecule has 2 aromatic rings. The molecule has 3 nitrogen and oxygen atoms in total. The first kappa shape index (κ1) is 22.1. The average Bonchev–Trinajstić information content (AvgIpc) is 2.65. The van der Waals surface area contributed by atoms with Gasteiger partial charge in [-0.05, 0) is 42.5 Å². The van der Waals surface area contributed by atoms with Gasteiger partial charge < -0.3 is 9.64 Å². The van der Waals surface area contributed by atoms with Gasteiger partial charge in [0.15, 0.2) is 0 Å². The van der Waals surface area contributed by atoms with Gasteiger partial charge in [-0.2, -0.15) is 13.2 Å². The van der Waals surface area contributed by atoms with Crippen molar-refractivity contribution < 1.29 is 27.1 Å². The molecule has 0 unspecified atom stereocenters. The zero-order valence-corrected chi connectivity index (χ0v) is 16.2. The van der Waals surface area contributed by atoms with Crippen molar-refractivity contribution in [2.24, 2.45) is 0 Å². The lowest BCUT2D eigenvalue weighted by Crippen LogP contribution is -2.38. The summed E-state index contributed by atoms with van der Waals surface area (Å²) in [6.07, 6.45) is -4.07. The maximum atomic E-state index is 12.9. The highest BCUT2D eigenvalue weighted by Gasteiger charge is 2.33. The maximum absolute atomic E-state index is 12.9. The molecule has 0 heterocycles. The Morgan fingerprint density at radius 2 is 1.79 bits per heavy atom. The molecule has 0 aromatic heterocycles. The number of methoxy groups -OCH3 is 1. The van der Waals surface area contributed by atoms with Gasteiger partial charge in [-0.15, -0.1) is 11.8 Å². The van der Waals surface area contributed by atoms with E-state index in [4.69, 9.17) is 4.74 Å². The van der Waals surface area contributed by atoms with Gasteiger partial charge >= 0.3 is 6.18 Å². The molecule has 0 atom stereocenters. The maximum Gasteiger partial charge on any atom is 0.406 e. The molecule has 0 N–H and O–H groups in total. The normalized spacial score (nSPS) is 11.3. The quantitative estimate of drug-likeness (QED) is 0.316. The van der Waals surface area contributed by atoms with Crippen LogP contribution in [0, 0.1) is 5.82 Å². The predicted octanol–water partition coefficient (Wildman–Crippen LogP) is 5.30. The van der Waals surface area contributed by atoms with Crippen molar-refractivity contribution in [3.05, 3.63) is 59.9 Å². The number of thioether (sulfide) groups is 1. The van der Waals surface area contributed by atoms with Crippen LogP contribution in [0.5, 0.6) is 5.75 Å². The molecule has 2 rings (SSSR count). The van der Waals surface area contributed by atoms with Gasteiger partial charge in [-0.3, -0.25) is 4.79 Å². The fraction of sp³-hybridized carbons (Fsp3) is 0.350. The first-order valence-corrected chi connectivity index (χ1v) is 9.62. The minimum absolute atomic E-state index is 0.000572. The van der Waals surface area contributed by atoms with Crippen LogP contribution in [0.4, 0.5) is 17.6 Å². The van der Waals surface area contributed by atoms with E-state index in [0.29, 0.717) is 23.5 Å². The predicted molar refractivity (Wildman–Crippen MR) is 101 cm³/mol. The second kappa shape index (κ2) is 10.4. The lowest BCUT2D eigenvalue weighted by Gasteiger charge is -2.25. The topological polar surface area (TPSA) is 29.5 Å². The molecule has 28 heavy (non-hydrogen) atoms. The lowest BCUT2D eigenvalue weighted by atomic mass is 10.1. The van der Waals surface area contributed by atoms with Crippen molar-refractivity contribution in [3.8, 4) is 5.75 Å². The van der Waals surface area contributed by atoms with E-state index in [1.165, 1.54) is 31.0 Å². The summed E-state index contributed by atoms with van der Waals surface area (Å²) in [6.45, 7) is -1.48. The molecular formula is C20H21F4NO2S. The zero-order valence-electron chi connectivity index (χ0n) is 15.3. The van der Waals surface area contributed by atoms with E-state index >= 15 is 0 Å². The molecule has 152 valence electrons. The molecule has 0 spiro atoms. The van der Waals surface area contributed by atoms with Gasteiger partial charge in [0.25, 0.3) is 0 Å². The number of halogens is 4. The summed E-state index contributed by atoms with van der Waals surface area (Å²) in [4.78, 5) is 14.1. The molecular weight excluding hydrogens is 394 g/mol. The first-order chi connectivity index (χ1) is 13.3. The van der Waals surface area contributed by atoms with Crippen molar-refractivity contribution >= 4 is 17.7 Å². The molecule has 1 amide bonds. The molecule has 0 radical (unpaired) electrons. The summed E-state index contributed by atoms with van der Waals surface area (Å²) in [5.41, 5.74) is 0.517. The van der Waals surface area contributed by atoms with Gasteiger partial charge in [0.2, 0.25) is 5.91 Å². The Morgan fingerprint density at radius 3 is 2.43 bits per heavy atom. The van der Waals surface area contributed by atoms with Crippen molar-refractivity contribution in [2.45, 2.75) is 30.5 Å². The van der Waals surface area contributed by atoms with Crippen LogP contribution in [-0.2, 0) is 11.3 Å². The largest absolute Gasteiger partial charge is 0.496 e. The van der Waals surface area contributed by atoms with E-state index < -0.39 is 18.6 Å². The molecule has 0 saturated heterocycles. The average molecular weight is 415 g/mol. The molecule has 0 fully saturated rings. The number of amides is 1. The number of para-hydroxylation sites is 1. The van der Waals surface area contributed by atoms with E-state index in [2.05, 4.69) is 0 Å². The number of hydrogen-bond acceptors (Lipinski definition) is 3. The van der Waals surface area contributed by atoms with Crippen LogP contribution in [-0.4, -0.2) is 36.4 Å². The van der Waals surface area contributed by atoms with Crippen molar-refractivity contribution in [3.63, 3.8) is 0 Å². The van der Waals surface area contributed by atoms with E-state index in [0.717, 1.165) is 9.80 Å². The number of alkyl halides is 3. The molecule has 2 aromatic carbocycles. The summed E-state index contributed by atoms with van der Waals surface area (Å²) < 4.78 is 56.8. The Labute approximate surface area is 165 Å². The highest BCUT2D eigenvalue weighted by Crippen LogP contribution is 2.24. The smallest absolute Gasteiger partial charge is 0.406 e. The van der Waals surface area contributed by atoms with Crippen molar-refractivity contribution in [1.82, 2.24) is 4.90 Å². The van der Waals surface area contributed by atoms with Gasteiger partial charge in [-0.25, -0.2) is 4.39 Å². The summed E-state index contributed by atoms with van der Waals surface area (Å²) in [7, 11) is 1.43. The minimum atomic E-state index is -4.49. The van der Waals surface area contributed by atoms with Crippen LogP contribution in [0.2, 0.25) is 0 Å². The Morgan fingerprint density at radius 1 is 1.11 bits per heavy atom. The lowest BCUT2D eigenvalue weighted by molar-refractivity contribution is -0.162. The first-order valence-electron chi connectivity index (χ1n) is 8.63. The molecule has 0 aliphatic carbocycles. The summed E-state index contributed by atoms with van der Waals surface area (Å²) in [5.74, 6) is 0.0854. The standard InChI is InChI=1S/C20H21F4NO2S/c1-27-18-6-3-2-5-15(18)13-25(14-20(22,23)24)19(26)7-4-12-28-17-10-8-16(21)9-11-17/h2-3,5-6,8-11H,4,7,12-14H2,1H3. The Hall–Kier alpha value is -2.22. The third-order valence-corrected chi connectivity index (χ3v) is 4.99. The van der Waals surface area contributed by atoms with Crippen LogP contribution in [0.15, 0.2) is 53.4 Å². The van der Waals surface area contributed by atoms with Crippen LogP contribution < -0.4 is 4.74 Å². The summed E-state index contributed by atoms with van der Waals surface area (Å²) >= 11 is 1.43. The fourth-order valence-corrected chi connectivity index (χ4v) is 3.44. The number of carbonyl (C=O) groups is 1. The molecule has 8 heteroatoms. The molecule has 0 aliphatic heterocycles. The second-order valence-corrected chi connectivity index (χ2v) is 7.25. The summed E-state index contributed by atoms with van der Waals surface area (Å²) in [6, 6.07) is 12.6. The third kappa shape index (κ3) is 7.42. The Kier molecular flexibility index (Phi) is 8.17. The second-order valence-electron chi connectivity index (χ2n) is 6.08. The number of nitrogens with zero attached hydrogens (tertiary/aromatic N) is 1. The Bertz CT molecular complexity index is 766. The van der Waals surface area contributed by atoms with Gasteiger partial charge in [0.1, 0.15) is 18.1 Å². The number of carbonyl (C=O) groups excluding carboxylic acids is 1. The van der Waals surface area contributed by atoms with E-state index in [9.17, 15) is 22.4 Å². The van der Waals surface area contributed by atoms with Crippen LogP contribution in [0.3, 0.4) is 0 Å². The van der Waals surface area contributed by atoms with Gasteiger partial charge in [0.05, 0.1) is 7.11 Å². The van der Waals surface area contributed by atoms with Crippen molar-refractivity contribution in [1.29, 1.82) is 0 Å². The minimum Gasteiger partial charge on any atom is -0.496 e. The van der Waals surface area contributed by atoms with E-state index in [1.54, 1.807) is 36.4 Å². The van der Waals surface area contributed by atoms with Gasteiger partial charge in [-0.1, -0.05) is 18.2 Å². The van der Waals surface area contributed by atoms with Gasteiger partial charge in [0, 0.05) is 23.4 Å². The van der Waals surface area contributed by atoms with Crippen LogP contribution >= 0.6 is 11.8 Å².